The number of rotatable bonds is 4. The van der Waals surface area contributed by atoms with Gasteiger partial charge in [0.2, 0.25) is 0 Å². The largest absolute Gasteiger partial charge is 0.478 e. The number of nitrogens with zero attached hydrogens (tertiary/aromatic N) is 2. The second kappa shape index (κ2) is 7.03. The number of fused-ring (bicyclic) bond motifs is 1. The number of alkyl halides is 3. The lowest BCUT2D eigenvalue weighted by molar-refractivity contribution is -0.137. The van der Waals surface area contributed by atoms with Crippen LogP contribution in [0.2, 0.25) is 5.02 Å². The quantitative estimate of drug-likeness (QED) is 0.497. The molecule has 0 aliphatic rings. The molecule has 3 rings (SSSR count). The summed E-state index contributed by atoms with van der Waals surface area (Å²) >= 11 is 5.72. The summed E-state index contributed by atoms with van der Waals surface area (Å²) < 4.78 is 54.4. The molecule has 0 saturated carbocycles. The molecular formula is C18H11ClF4N2O2. The Kier molecular flexibility index (Phi) is 4.93. The first kappa shape index (κ1) is 18.9. The Morgan fingerprint density at radius 1 is 1.22 bits per heavy atom. The molecule has 2 aromatic carbocycles. The average Bonchev–Trinajstić information content (AvgIpc) is 2.92. The molecular weight excluding hydrogens is 388 g/mol. The van der Waals surface area contributed by atoms with E-state index in [-0.39, 0.29) is 28.2 Å². The molecule has 0 spiro atoms. The fourth-order valence-electron chi connectivity index (χ4n) is 2.59. The number of benzene rings is 2. The van der Waals surface area contributed by atoms with Crippen LogP contribution in [0.15, 0.2) is 42.5 Å². The van der Waals surface area contributed by atoms with Gasteiger partial charge < -0.3 is 5.11 Å². The molecule has 0 unspecified atom stereocenters. The average molecular weight is 399 g/mol. The molecule has 0 aliphatic heterocycles. The standard InChI is InChI=1S/C18H11ClF4N2O2/c19-12-3-1-10(14(20)8-12)9-25-16-5-2-11(18(21,22)23)7-13(16)15(24-25)4-6-17(26)27/h1-8H,9H2,(H,26,27)/b6-4+. The normalized spacial score (nSPS) is 12.2. The van der Waals surface area contributed by atoms with E-state index in [1.54, 1.807) is 0 Å². The van der Waals surface area contributed by atoms with Gasteiger partial charge in [0, 0.05) is 22.0 Å². The van der Waals surface area contributed by atoms with Gasteiger partial charge in [-0.25, -0.2) is 9.18 Å². The summed E-state index contributed by atoms with van der Waals surface area (Å²) in [5.74, 6) is -1.85. The van der Waals surface area contributed by atoms with Gasteiger partial charge in [-0.2, -0.15) is 18.3 Å². The molecule has 9 heteroatoms. The van der Waals surface area contributed by atoms with Crippen LogP contribution in [-0.4, -0.2) is 20.9 Å². The SMILES string of the molecule is O=C(O)/C=C/c1nn(Cc2ccc(Cl)cc2F)c2ccc(C(F)(F)F)cc12. The molecule has 1 N–H and O–H groups in total. The van der Waals surface area contributed by atoms with Crippen LogP contribution < -0.4 is 0 Å². The maximum atomic E-state index is 14.1. The highest BCUT2D eigenvalue weighted by Crippen LogP contribution is 2.33. The summed E-state index contributed by atoms with van der Waals surface area (Å²) in [5.41, 5.74) is -0.315. The van der Waals surface area contributed by atoms with Gasteiger partial charge in [0.15, 0.2) is 0 Å². The topological polar surface area (TPSA) is 55.1 Å². The molecule has 0 atom stereocenters. The van der Waals surface area contributed by atoms with Gasteiger partial charge in [-0.15, -0.1) is 0 Å². The molecule has 1 aromatic heterocycles. The van der Waals surface area contributed by atoms with Crippen LogP contribution in [0.5, 0.6) is 0 Å². The Bertz CT molecular complexity index is 1060. The van der Waals surface area contributed by atoms with Crippen molar-refractivity contribution in [1.29, 1.82) is 0 Å². The van der Waals surface area contributed by atoms with Crippen molar-refractivity contribution in [2.75, 3.05) is 0 Å². The number of hydrogen-bond donors (Lipinski definition) is 1. The summed E-state index contributed by atoms with van der Waals surface area (Å²) in [5, 5.41) is 13.2. The van der Waals surface area contributed by atoms with E-state index in [4.69, 9.17) is 16.7 Å². The van der Waals surface area contributed by atoms with Gasteiger partial charge >= 0.3 is 12.1 Å². The second-order valence-corrected chi connectivity index (χ2v) is 6.12. The van der Waals surface area contributed by atoms with Crippen LogP contribution in [0, 0.1) is 5.82 Å². The summed E-state index contributed by atoms with van der Waals surface area (Å²) in [4.78, 5) is 10.7. The first-order valence-corrected chi connectivity index (χ1v) is 7.95. The minimum Gasteiger partial charge on any atom is -0.478 e. The van der Waals surface area contributed by atoms with Crippen molar-refractivity contribution in [2.45, 2.75) is 12.7 Å². The molecule has 0 aliphatic carbocycles. The number of carboxylic acid groups (broad SMARTS) is 1. The third-order valence-corrected chi connectivity index (χ3v) is 4.06. The number of aromatic nitrogens is 2. The number of carboxylic acids is 1. The lowest BCUT2D eigenvalue weighted by Crippen LogP contribution is -2.05. The maximum absolute atomic E-state index is 14.1. The number of carbonyl (C=O) groups is 1. The Morgan fingerprint density at radius 2 is 1.96 bits per heavy atom. The van der Waals surface area contributed by atoms with Crippen LogP contribution in [-0.2, 0) is 17.5 Å². The van der Waals surface area contributed by atoms with Crippen LogP contribution in [0.1, 0.15) is 16.8 Å². The first-order chi connectivity index (χ1) is 12.6. The Morgan fingerprint density at radius 3 is 2.59 bits per heavy atom. The molecule has 0 radical (unpaired) electrons. The molecule has 3 aromatic rings. The third-order valence-electron chi connectivity index (χ3n) is 3.83. The first-order valence-electron chi connectivity index (χ1n) is 7.58. The predicted molar refractivity (Wildman–Crippen MR) is 91.9 cm³/mol. The van der Waals surface area contributed by atoms with Crippen molar-refractivity contribution in [3.8, 4) is 0 Å². The van der Waals surface area contributed by atoms with Gasteiger partial charge in [0.25, 0.3) is 0 Å². The van der Waals surface area contributed by atoms with Gasteiger partial charge in [0.1, 0.15) is 5.82 Å². The minimum atomic E-state index is -4.56. The van der Waals surface area contributed by atoms with Crippen molar-refractivity contribution in [3.05, 3.63) is 70.1 Å². The summed E-state index contributed by atoms with van der Waals surface area (Å²) in [6, 6.07) is 7.05. The van der Waals surface area contributed by atoms with Gasteiger partial charge in [-0.05, 0) is 36.4 Å². The van der Waals surface area contributed by atoms with Crippen molar-refractivity contribution in [3.63, 3.8) is 0 Å². The number of halogens is 5. The van der Waals surface area contributed by atoms with Crippen molar-refractivity contribution < 1.29 is 27.5 Å². The highest BCUT2D eigenvalue weighted by molar-refractivity contribution is 6.30. The van der Waals surface area contributed by atoms with Crippen LogP contribution in [0.4, 0.5) is 17.6 Å². The minimum absolute atomic E-state index is 0.0351. The predicted octanol–water partition coefficient (Wildman–Crippen LogP) is 4.99. The van der Waals surface area contributed by atoms with Crippen molar-refractivity contribution >= 4 is 34.5 Å². The zero-order valence-electron chi connectivity index (χ0n) is 13.5. The van der Waals surface area contributed by atoms with Crippen molar-refractivity contribution in [1.82, 2.24) is 9.78 Å². The van der Waals surface area contributed by atoms with Gasteiger partial charge in [-0.3, -0.25) is 4.68 Å². The zero-order valence-corrected chi connectivity index (χ0v) is 14.2. The molecule has 0 bridgehead atoms. The zero-order chi connectivity index (χ0) is 19.8. The fraction of sp³-hybridized carbons (Fsp3) is 0.111. The monoisotopic (exact) mass is 398 g/mol. The fourth-order valence-corrected chi connectivity index (χ4v) is 2.74. The second-order valence-electron chi connectivity index (χ2n) is 5.68. The van der Waals surface area contributed by atoms with E-state index >= 15 is 0 Å². The Balaban J connectivity index is 2.13. The molecule has 0 fully saturated rings. The number of aliphatic carboxylic acids is 1. The summed E-state index contributed by atoms with van der Waals surface area (Å²) in [6.07, 6.45) is -2.69. The third kappa shape index (κ3) is 4.11. The van der Waals surface area contributed by atoms with E-state index in [0.717, 1.165) is 30.4 Å². The Hall–Kier alpha value is -2.87. The maximum Gasteiger partial charge on any atom is 0.416 e. The summed E-state index contributed by atoms with van der Waals surface area (Å²) in [7, 11) is 0. The molecule has 4 nitrogen and oxygen atoms in total. The molecule has 0 amide bonds. The highest BCUT2D eigenvalue weighted by Gasteiger charge is 2.31. The molecule has 0 saturated heterocycles. The van der Waals surface area contributed by atoms with E-state index in [2.05, 4.69) is 5.10 Å². The van der Waals surface area contributed by atoms with E-state index in [9.17, 15) is 22.4 Å². The van der Waals surface area contributed by atoms with Crippen LogP contribution in [0.25, 0.3) is 17.0 Å². The Labute approximate surface area is 155 Å². The van der Waals surface area contributed by atoms with E-state index in [1.807, 2.05) is 0 Å². The van der Waals surface area contributed by atoms with Gasteiger partial charge in [-0.1, -0.05) is 17.7 Å². The van der Waals surface area contributed by atoms with Crippen LogP contribution in [0.3, 0.4) is 0 Å². The highest BCUT2D eigenvalue weighted by atomic mass is 35.5. The molecule has 1 heterocycles. The lowest BCUT2D eigenvalue weighted by Gasteiger charge is -2.08. The number of hydrogen-bond acceptors (Lipinski definition) is 2. The van der Waals surface area contributed by atoms with Gasteiger partial charge in [0.05, 0.1) is 23.3 Å². The van der Waals surface area contributed by atoms with Crippen molar-refractivity contribution in [2.24, 2.45) is 0 Å². The van der Waals surface area contributed by atoms with E-state index in [0.29, 0.717) is 5.52 Å². The molecule has 140 valence electrons. The van der Waals surface area contributed by atoms with E-state index in [1.165, 1.54) is 22.9 Å². The van der Waals surface area contributed by atoms with E-state index < -0.39 is 23.5 Å². The molecule has 27 heavy (non-hydrogen) atoms. The summed E-state index contributed by atoms with van der Waals surface area (Å²) in [6.45, 7) is -0.0637. The van der Waals surface area contributed by atoms with Crippen LogP contribution >= 0.6 is 11.6 Å². The lowest BCUT2D eigenvalue weighted by atomic mass is 10.1. The smallest absolute Gasteiger partial charge is 0.416 e.